The molecule has 1 aliphatic carbocycles. The maximum absolute atomic E-state index is 12.5. The normalized spacial score (nSPS) is 27.1. The predicted octanol–water partition coefficient (Wildman–Crippen LogP) is 2.27. The molecule has 1 heterocycles. The lowest BCUT2D eigenvalue weighted by Gasteiger charge is -2.31. The molecule has 1 saturated carbocycles. The number of carbonyl (C=O) groups excluding carboxylic acids is 1. The van der Waals surface area contributed by atoms with Crippen molar-refractivity contribution in [1.82, 2.24) is 5.32 Å². The van der Waals surface area contributed by atoms with Gasteiger partial charge in [0, 0.05) is 25.0 Å². The van der Waals surface area contributed by atoms with Crippen LogP contribution in [-0.2, 0) is 11.2 Å². The molecule has 0 aromatic heterocycles. The van der Waals surface area contributed by atoms with Crippen molar-refractivity contribution in [3.8, 4) is 5.75 Å². The van der Waals surface area contributed by atoms with E-state index in [-0.39, 0.29) is 24.5 Å². The van der Waals surface area contributed by atoms with Gasteiger partial charge in [-0.2, -0.15) is 0 Å². The highest BCUT2D eigenvalue weighted by Gasteiger charge is 2.33. The molecule has 1 amide bonds. The second-order valence-electron chi connectivity index (χ2n) is 6.70. The van der Waals surface area contributed by atoms with E-state index in [2.05, 4.69) is 25.2 Å². The SMILES string of the molecule is Cc1cc2c(cc1C)OC(C(=O)NC1CCCCC1CO)C2. The first kappa shape index (κ1) is 15.3. The molecule has 4 heteroatoms. The number of hydrogen-bond donors (Lipinski definition) is 2. The summed E-state index contributed by atoms with van der Waals surface area (Å²) in [5, 5.41) is 12.6. The number of nitrogens with one attached hydrogen (secondary N) is 1. The van der Waals surface area contributed by atoms with Crippen molar-refractivity contribution in [3.63, 3.8) is 0 Å². The minimum Gasteiger partial charge on any atom is -0.480 e. The molecule has 1 fully saturated rings. The molecule has 3 unspecified atom stereocenters. The Bertz CT molecular complexity index is 539. The molecule has 0 radical (unpaired) electrons. The van der Waals surface area contributed by atoms with Crippen molar-refractivity contribution in [2.24, 2.45) is 5.92 Å². The smallest absolute Gasteiger partial charge is 0.261 e. The van der Waals surface area contributed by atoms with Crippen LogP contribution in [0.4, 0.5) is 0 Å². The number of hydrogen-bond acceptors (Lipinski definition) is 3. The topological polar surface area (TPSA) is 58.6 Å². The van der Waals surface area contributed by atoms with Crippen molar-refractivity contribution < 1.29 is 14.6 Å². The molecule has 4 nitrogen and oxygen atoms in total. The molecule has 22 heavy (non-hydrogen) atoms. The first-order chi connectivity index (χ1) is 10.6. The third kappa shape index (κ3) is 2.98. The summed E-state index contributed by atoms with van der Waals surface area (Å²) in [4.78, 5) is 12.5. The fourth-order valence-corrected chi connectivity index (χ4v) is 3.55. The lowest BCUT2D eigenvalue weighted by molar-refractivity contribution is -0.128. The van der Waals surface area contributed by atoms with Gasteiger partial charge >= 0.3 is 0 Å². The minimum absolute atomic E-state index is 0.0446. The van der Waals surface area contributed by atoms with Gasteiger partial charge in [0.2, 0.25) is 0 Å². The van der Waals surface area contributed by atoms with E-state index in [1.54, 1.807) is 0 Å². The van der Waals surface area contributed by atoms with Crippen LogP contribution in [0.15, 0.2) is 12.1 Å². The molecule has 1 aromatic rings. The fraction of sp³-hybridized carbons (Fsp3) is 0.611. The monoisotopic (exact) mass is 303 g/mol. The molecule has 3 rings (SSSR count). The van der Waals surface area contributed by atoms with E-state index in [0.29, 0.717) is 6.42 Å². The average Bonchev–Trinajstić information content (AvgIpc) is 2.91. The second kappa shape index (κ2) is 6.29. The first-order valence-electron chi connectivity index (χ1n) is 8.26. The van der Waals surface area contributed by atoms with Crippen molar-refractivity contribution in [2.75, 3.05) is 6.61 Å². The number of rotatable bonds is 3. The van der Waals surface area contributed by atoms with Gasteiger partial charge in [-0.1, -0.05) is 18.9 Å². The summed E-state index contributed by atoms with van der Waals surface area (Å²) in [6.07, 6.45) is 4.41. The molecule has 3 atom stereocenters. The highest BCUT2D eigenvalue weighted by atomic mass is 16.5. The highest BCUT2D eigenvalue weighted by molar-refractivity contribution is 5.83. The van der Waals surface area contributed by atoms with E-state index in [1.807, 2.05) is 6.07 Å². The highest BCUT2D eigenvalue weighted by Crippen LogP contribution is 2.32. The maximum Gasteiger partial charge on any atom is 0.261 e. The number of aliphatic hydroxyl groups excluding tert-OH is 1. The minimum atomic E-state index is -0.433. The Labute approximate surface area is 131 Å². The lowest BCUT2D eigenvalue weighted by Crippen LogP contribution is -2.48. The van der Waals surface area contributed by atoms with Crippen molar-refractivity contribution >= 4 is 5.91 Å². The summed E-state index contributed by atoms with van der Waals surface area (Å²) in [5.74, 6) is 0.980. The van der Waals surface area contributed by atoms with Gasteiger partial charge in [0.1, 0.15) is 5.75 Å². The molecule has 0 saturated heterocycles. The number of fused-ring (bicyclic) bond motifs is 1. The molecule has 1 aromatic carbocycles. The largest absolute Gasteiger partial charge is 0.480 e. The van der Waals surface area contributed by atoms with Crippen LogP contribution < -0.4 is 10.1 Å². The Kier molecular flexibility index (Phi) is 4.39. The van der Waals surface area contributed by atoms with E-state index in [9.17, 15) is 9.90 Å². The standard InChI is InChI=1S/C18H25NO3/c1-11-7-14-9-17(22-16(14)8-12(11)2)18(21)19-15-6-4-3-5-13(15)10-20/h7-8,13,15,17,20H,3-6,9-10H2,1-2H3,(H,19,21). The average molecular weight is 303 g/mol. The number of benzene rings is 1. The van der Waals surface area contributed by atoms with Crippen LogP contribution in [-0.4, -0.2) is 29.8 Å². The molecular formula is C18H25NO3. The Morgan fingerprint density at radius 1 is 1.27 bits per heavy atom. The summed E-state index contributed by atoms with van der Waals surface area (Å²) < 4.78 is 5.84. The molecular weight excluding hydrogens is 278 g/mol. The van der Waals surface area contributed by atoms with Gasteiger partial charge in [-0.25, -0.2) is 0 Å². The zero-order chi connectivity index (χ0) is 15.7. The van der Waals surface area contributed by atoms with Crippen LogP contribution in [0.2, 0.25) is 0 Å². The number of aliphatic hydroxyl groups is 1. The van der Waals surface area contributed by atoms with Gasteiger partial charge in [0.15, 0.2) is 6.10 Å². The van der Waals surface area contributed by atoms with Gasteiger partial charge in [-0.3, -0.25) is 4.79 Å². The number of ether oxygens (including phenoxy) is 1. The zero-order valence-corrected chi connectivity index (χ0v) is 13.4. The van der Waals surface area contributed by atoms with E-state index in [4.69, 9.17) is 4.74 Å². The third-order valence-corrected chi connectivity index (χ3v) is 5.12. The number of aryl methyl sites for hydroxylation is 2. The van der Waals surface area contributed by atoms with Crippen molar-refractivity contribution in [3.05, 3.63) is 28.8 Å². The van der Waals surface area contributed by atoms with E-state index < -0.39 is 6.10 Å². The van der Waals surface area contributed by atoms with Crippen molar-refractivity contribution in [2.45, 2.75) is 58.1 Å². The predicted molar refractivity (Wildman–Crippen MR) is 85.0 cm³/mol. The van der Waals surface area contributed by atoms with Gasteiger partial charge in [0.05, 0.1) is 0 Å². The van der Waals surface area contributed by atoms with Crippen LogP contribution >= 0.6 is 0 Å². The van der Waals surface area contributed by atoms with Crippen LogP contribution in [0.5, 0.6) is 5.75 Å². The lowest BCUT2D eigenvalue weighted by atomic mass is 9.85. The number of amides is 1. The molecule has 0 bridgehead atoms. The Morgan fingerprint density at radius 3 is 2.77 bits per heavy atom. The molecule has 120 valence electrons. The Balaban J connectivity index is 1.65. The van der Waals surface area contributed by atoms with E-state index >= 15 is 0 Å². The molecule has 2 aliphatic rings. The third-order valence-electron chi connectivity index (χ3n) is 5.12. The zero-order valence-electron chi connectivity index (χ0n) is 13.4. The molecule has 1 aliphatic heterocycles. The van der Waals surface area contributed by atoms with Gasteiger partial charge < -0.3 is 15.2 Å². The summed E-state index contributed by atoms with van der Waals surface area (Å²) >= 11 is 0. The number of carbonyl (C=O) groups is 1. The van der Waals surface area contributed by atoms with Crippen LogP contribution in [0.3, 0.4) is 0 Å². The van der Waals surface area contributed by atoms with Crippen LogP contribution in [0, 0.1) is 19.8 Å². The molecule has 2 N–H and O–H groups in total. The van der Waals surface area contributed by atoms with E-state index in [0.717, 1.165) is 37.0 Å². The summed E-state index contributed by atoms with van der Waals surface area (Å²) in [6, 6.07) is 4.23. The Hall–Kier alpha value is -1.55. The van der Waals surface area contributed by atoms with Crippen molar-refractivity contribution in [1.29, 1.82) is 0 Å². The Morgan fingerprint density at radius 2 is 2.00 bits per heavy atom. The van der Waals surface area contributed by atoms with Gasteiger partial charge in [0.25, 0.3) is 5.91 Å². The summed E-state index contributed by atoms with van der Waals surface area (Å²) in [6.45, 7) is 4.28. The second-order valence-corrected chi connectivity index (χ2v) is 6.70. The maximum atomic E-state index is 12.5. The summed E-state index contributed by atoms with van der Waals surface area (Å²) in [7, 11) is 0. The molecule has 0 spiro atoms. The quantitative estimate of drug-likeness (QED) is 0.900. The van der Waals surface area contributed by atoms with E-state index in [1.165, 1.54) is 11.1 Å². The van der Waals surface area contributed by atoms with Gasteiger partial charge in [-0.05, 0) is 49.4 Å². The fourth-order valence-electron chi connectivity index (χ4n) is 3.55. The van der Waals surface area contributed by atoms with Crippen LogP contribution in [0.1, 0.15) is 42.4 Å². The summed E-state index contributed by atoms with van der Waals surface area (Å²) in [5.41, 5.74) is 3.54. The first-order valence-corrected chi connectivity index (χ1v) is 8.26. The van der Waals surface area contributed by atoms with Gasteiger partial charge in [-0.15, -0.1) is 0 Å². The van der Waals surface area contributed by atoms with Crippen LogP contribution in [0.25, 0.3) is 0 Å².